The average molecular weight is 319 g/mol. The molecule has 2 N–H and O–H groups in total. The molecular weight excluding hydrogens is 307 g/mol. The van der Waals surface area contributed by atoms with E-state index in [1.54, 1.807) is 24.4 Å². The highest BCUT2D eigenvalue weighted by molar-refractivity contribution is 6.35. The lowest BCUT2D eigenvalue weighted by atomic mass is 10.1. The maximum atomic E-state index is 9.83. The van der Waals surface area contributed by atoms with Crippen molar-refractivity contribution in [3.05, 3.63) is 64.3 Å². The number of anilines is 1. The molecule has 3 nitrogen and oxygen atoms in total. The number of aromatic nitrogens is 1. The van der Waals surface area contributed by atoms with Gasteiger partial charge in [0.15, 0.2) is 0 Å². The Balaban J connectivity index is 1.92. The van der Waals surface area contributed by atoms with Gasteiger partial charge in [0.2, 0.25) is 0 Å². The molecule has 0 aliphatic heterocycles. The van der Waals surface area contributed by atoms with Gasteiger partial charge >= 0.3 is 0 Å². The maximum absolute atomic E-state index is 9.83. The fourth-order valence-corrected chi connectivity index (χ4v) is 2.58. The first-order valence-electron chi connectivity index (χ1n) is 6.39. The van der Waals surface area contributed by atoms with Crippen molar-refractivity contribution in [3.63, 3.8) is 0 Å². The Hall–Kier alpha value is -1.97. The highest BCUT2D eigenvalue weighted by Crippen LogP contribution is 2.29. The lowest BCUT2D eigenvalue weighted by Crippen LogP contribution is -2.01. The SMILES string of the molecule is Oc1ccc(Cl)cc1CNc1ccc(Cl)c2cccnc12. The molecule has 3 aromatic rings. The number of aromatic hydroxyl groups is 1. The normalized spacial score (nSPS) is 10.8. The number of phenols is 1. The van der Waals surface area contributed by atoms with Crippen LogP contribution in [0.1, 0.15) is 5.56 Å². The van der Waals surface area contributed by atoms with Gasteiger partial charge < -0.3 is 10.4 Å². The van der Waals surface area contributed by atoms with Gasteiger partial charge in [-0.25, -0.2) is 0 Å². The van der Waals surface area contributed by atoms with E-state index in [1.807, 2.05) is 24.3 Å². The summed E-state index contributed by atoms with van der Waals surface area (Å²) < 4.78 is 0. The molecule has 0 radical (unpaired) electrons. The van der Waals surface area contributed by atoms with Crippen molar-refractivity contribution in [2.24, 2.45) is 0 Å². The van der Waals surface area contributed by atoms with Gasteiger partial charge in [-0.2, -0.15) is 0 Å². The number of hydrogen-bond donors (Lipinski definition) is 2. The maximum Gasteiger partial charge on any atom is 0.120 e. The topological polar surface area (TPSA) is 45.1 Å². The Morgan fingerprint density at radius 1 is 1.10 bits per heavy atom. The molecule has 0 saturated heterocycles. The number of nitrogens with one attached hydrogen (secondary N) is 1. The van der Waals surface area contributed by atoms with Crippen molar-refractivity contribution in [3.8, 4) is 5.75 Å². The standard InChI is InChI=1S/C16H12Cl2N2O/c17-11-3-6-15(21)10(8-11)9-20-14-5-4-13(18)12-2-1-7-19-16(12)14/h1-8,20-21H,9H2. The van der Waals surface area contributed by atoms with Gasteiger partial charge in [0.05, 0.1) is 16.2 Å². The molecule has 0 bridgehead atoms. The van der Waals surface area contributed by atoms with Gasteiger partial charge in [-0.05, 0) is 42.5 Å². The van der Waals surface area contributed by atoms with Crippen LogP contribution in [0.25, 0.3) is 10.9 Å². The van der Waals surface area contributed by atoms with Crippen LogP contribution in [-0.4, -0.2) is 10.1 Å². The molecule has 0 saturated carbocycles. The van der Waals surface area contributed by atoms with E-state index in [-0.39, 0.29) is 5.75 Å². The summed E-state index contributed by atoms with van der Waals surface area (Å²) in [6.45, 7) is 0.444. The monoisotopic (exact) mass is 318 g/mol. The summed E-state index contributed by atoms with van der Waals surface area (Å²) in [5.74, 6) is 0.207. The van der Waals surface area contributed by atoms with E-state index in [1.165, 1.54) is 0 Å². The third kappa shape index (κ3) is 2.89. The second-order valence-electron chi connectivity index (χ2n) is 4.62. The van der Waals surface area contributed by atoms with Crippen LogP contribution in [0, 0.1) is 0 Å². The second-order valence-corrected chi connectivity index (χ2v) is 5.46. The Bertz CT molecular complexity index is 805. The minimum atomic E-state index is 0.207. The van der Waals surface area contributed by atoms with E-state index < -0.39 is 0 Å². The molecule has 21 heavy (non-hydrogen) atoms. The first-order chi connectivity index (χ1) is 10.1. The van der Waals surface area contributed by atoms with Crippen LogP contribution >= 0.6 is 23.2 Å². The van der Waals surface area contributed by atoms with E-state index in [0.717, 1.165) is 22.2 Å². The summed E-state index contributed by atoms with van der Waals surface area (Å²) in [7, 11) is 0. The van der Waals surface area contributed by atoms with Crippen LogP contribution in [0.15, 0.2) is 48.7 Å². The first-order valence-corrected chi connectivity index (χ1v) is 7.15. The van der Waals surface area contributed by atoms with Crippen molar-refractivity contribution in [1.29, 1.82) is 0 Å². The molecule has 3 rings (SSSR count). The Morgan fingerprint density at radius 2 is 1.95 bits per heavy atom. The number of hydrogen-bond acceptors (Lipinski definition) is 3. The molecule has 0 aliphatic rings. The van der Waals surface area contributed by atoms with Crippen molar-refractivity contribution < 1.29 is 5.11 Å². The quantitative estimate of drug-likeness (QED) is 0.725. The van der Waals surface area contributed by atoms with Gasteiger partial charge in [-0.3, -0.25) is 4.98 Å². The molecule has 1 heterocycles. The summed E-state index contributed by atoms with van der Waals surface area (Å²) in [5.41, 5.74) is 2.38. The van der Waals surface area contributed by atoms with E-state index in [2.05, 4.69) is 10.3 Å². The second kappa shape index (κ2) is 5.80. The molecule has 2 aromatic carbocycles. The molecule has 5 heteroatoms. The molecule has 0 atom stereocenters. The highest BCUT2D eigenvalue weighted by atomic mass is 35.5. The Labute approximate surface area is 132 Å². The van der Waals surface area contributed by atoms with Crippen LogP contribution in [0.5, 0.6) is 5.75 Å². The molecule has 1 aromatic heterocycles. The first kappa shape index (κ1) is 14.0. The number of phenolic OH excluding ortho intramolecular Hbond substituents is 1. The predicted molar refractivity (Wildman–Crippen MR) is 87.2 cm³/mol. The lowest BCUT2D eigenvalue weighted by Gasteiger charge is -2.11. The van der Waals surface area contributed by atoms with Gasteiger partial charge in [-0.15, -0.1) is 0 Å². The third-order valence-electron chi connectivity index (χ3n) is 3.23. The van der Waals surface area contributed by atoms with Crippen molar-refractivity contribution in [1.82, 2.24) is 4.98 Å². The van der Waals surface area contributed by atoms with Crippen LogP contribution in [0.4, 0.5) is 5.69 Å². The number of halogens is 2. The number of fused-ring (bicyclic) bond motifs is 1. The molecule has 0 fully saturated rings. The molecule has 0 unspecified atom stereocenters. The van der Waals surface area contributed by atoms with Crippen LogP contribution in [-0.2, 0) is 6.54 Å². The Kier molecular flexibility index (Phi) is 3.86. The third-order valence-corrected chi connectivity index (χ3v) is 3.79. The summed E-state index contributed by atoms with van der Waals surface area (Å²) in [6.07, 6.45) is 1.72. The van der Waals surface area contributed by atoms with Crippen LogP contribution in [0.2, 0.25) is 10.0 Å². The van der Waals surface area contributed by atoms with Crippen molar-refractivity contribution in [2.75, 3.05) is 5.32 Å². The summed E-state index contributed by atoms with van der Waals surface area (Å²) >= 11 is 12.1. The summed E-state index contributed by atoms with van der Waals surface area (Å²) in [5, 5.41) is 15.2. The predicted octanol–water partition coefficient (Wildman–Crippen LogP) is 4.86. The molecular formula is C16H12Cl2N2O. The summed E-state index contributed by atoms with van der Waals surface area (Å²) in [4.78, 5) is 4.36. The average Bonchev–Trinajstić information content (AvgIpc) is 2.50. The highest BCUT2D eigenvalue weighted by Gasteiger charge is 2.07. The molecule has 0 spiro atoms. The van der Waals surface area contributed by atoms with Gasteiger partial charge in [-0.1, -0.05) is 23.2 Å². The summed E-state index contributed by atoms with van der Waals surface area (Å²) in [6, 6.07) is 12.4. The zero-order valence-corrected chi connectivity index (χ0v) is 12.5. The number of benzene rings is 2. The van der Waals surface area contributed by atoms with E-state index >= 15 is 0 Å². The van der Waals surface area contributed by atoms with Crippen LogP contribution < -0.4 is 5.32 Å². The van der Waals surface area contributed by atoms with Gasteiger partial charge in [0.1, 0.15) is 5.75 Å². The lowest BCUT2D eigenvalue weighted by molar-refractivity contribution is 0.469. The van der Waals surface area contributed by atoms with E-state index in [0.29, 0.717) is 16.6 Å². The fraction of sp³-hybridized carbons (Fsp3) is 0.0625. The Morgan fingerprint density at radius 3 is 2.81 bits per heavy atom. The van der Waals surface area contributed by atoms with E-state index in [9.17, 15) is 5.11 Å². The zero-order valence-electron chi connectivity index (χ0n) is 11.0. The molecule has 0 aliphatic carbocycles. The molecule has 0 amide bonds. The number of pyridine rings is 1. The van der Waals surface area contributed by atoms with E-state index in [4.69, 9.17) is 23.2 Å². The minimum absolute atomic E-state index is 0.207. The minimum Gasteiger partial charge on any atom is -0.508 e. The van der Waals surface area contributed by atoms with Crippen molar-refractivity contribution in [2.45, 2.75) is 6.54 Å². The molecule has 106 valence electrons. The zero-order chi connectivity index (χ0) is 14.8. The number of nitrogens with zero attached hydrogens (tertiary/aromatic N) is 1. The number of rotatable bonds is 3. The van der Waals surface area contributed by atoms with Crippen LogP contribution in [0.3, 0.4) is 0 Å². The largest absolute Gasteiger partial charge is 0.508 e. The van der Waals surface area contributed by atoms with Gasteiger partial charge in [0.25, 0.3) is 0 Å². The fourth-order valence-electron chi connectivity index (χ4n) is 2.17. The smallest absolute Gasteiger partial charge is 0.120 e. The van der Waals surface area contributed by atoms with Gasteiger partial charge in [0, 0.05) is 28.7 Å². The van der Waals surface area contributed by atoms with Crippen molar-refractivity contribution >= 4 is 39.8 Å².